The number of benzene rings is 1. The van der Waals surface area contributed by atoms with E-state index in [0.717, 1.165) is 13.0 Å². The van der Waals surface area contributed by atoms with E-state index in [1.54, 1.807) is 24.3 Å². The molecule has 0 aromatic heterocycles. The van der Waals surface area contributed by atoms with Crippen molar-refractivity contribution in [3.8, 4) is 6.07 Å². The molecule has 20 heavy (non-hydrogen) atoms. The predicted octanol–water partition coefficient (Wildman–Crippen LogP) is 1.32. The van der Waals surface area contributed by atoms with Crippen molar-refractivity contribution >= 4 is 10.0 Å². The van der Waals surface area contributed by atoms with Crippen LogP contribution in [-0.4, -0.2) is 40.0 Å². The molecule has 1 aromatic rings. The Morgan fingerprint density at radius 2 is 2.00 bits per heavy atom. The van der Waals surface area contributed by atoms with Crippen LogP contribution in [0, 0.1) is 11.3 Å². The molecule has 0 bridgehead atoms. The van der Waals surface area contributed by atoms with Gasteiger partial charge in [-0.3, -0.25) is 0 Å². The lowest BCUT2D eigenvalue weighted by atomic mass is 10.1. The number of nitriles is 1. The van der Waals surface area contributed by atoms with Crippen LogP contribution < -0.4 is 4.72 Å². The summed E-state index contributed by atoms with van der Waals surface area (Å²) in [5.74, 6) is -0.164. The molecule has 1 N–H and O–H groups in total. The number of nitrogens with one attached hydrogen (secondary N) is 1. The zero-order valence-corrected chi connectivity index (χ0v) is 12.9. The molecule has 1 unspecified atom stereocenters. The van der Waals surface area contributed by atoms with Crippen LogP contribution in [0.25, 0.3) is 0 Å². The second-order valence-electron chi connectivity index (χ2n) is 5.14. The molecule has 110 valence electrons. The monoisotopic (exact) mass is 295 g/mol. The van der Waals surface area contributed by atoms with E-state index in [9.17, 15) is 8.42 Å². The predicted molar refractivity (Wildman–Crippen MR) is 79.5 cm³/mol. The molecule has 0 fully saturated rings. The third-order valence-corrected chi connectivity index (χ3v) is 4.33. The molecule has 0 radical (unpaired) electrons. The molecule has 0 amide bonds. The van der Waals surface area contributed by atoms with Gasteiger partial charge in [0.15, 0.2) is 0 Å². The summed E-state index contributed by atoms with van der Waals surface area (Å²) < 4.78 is 26.8. The largest absolute Gasteiger partial charge is 0.309 e. The molecule has 1 atom stereocenters. The molecule has 6 heteroatoms. The van der Waals surface area contributed by atoms with E-state index in [1.165, 1.54) is 0 Å². The molecule has 1 rings (SSSR count). The molecule has 0 aliphatic rings. The zero-order chi connectivity index (χ0) is 15.2. The van der Waals surface area contributed by atoms with Gasteiger partial charge in [0.1, 0.15) is 0 Å². The first-order valence-corrected chi connectivity index (χ1v) is 8.12. The van der Waals surface area contributed by atoms with Crippen LogP contribution in [0.3, 0.4) is 0 Å². The Morgan fingerprint density at radius 3 is 2.60 bits per heavy atom. The molecule has 0 saturated heterocycles. The van der Waals surface area contributed by atoms with Crippen LogP contribution in [0.15, 0.2) is 24.3 Å². The second kappa shape index (κ2) is 7.39. The maximum Gasteiger partial charge on any atom is 0.216 e. The van der Waals surface area contributed by atoms with Gasteiger partial charge in [-0.05, 0) is 45.6 Å². The fourth-order valence-corrected chi connectivity index (χ4v) is 3.29. The van der Waals surface area contributed by atoms with Gasteiger partial charge in [-0.15, -0.1) is 0 Å². The van der Waals surface area contributed by atoms with E-state index in [-0.39, 0.29) is 11.8 Å². The number of sulfonamides is 1. The number of hydrogen-bond donors (Lipinski definition) is 1. The molecule has 0 spiro atoms. The lowest BCUT2D eigenvalue weighted by molar-refractivity contribution is 0.379. The average Bonchev–Trinajstić information content (AvgIpc) is 2.36. The highest BCUT2D eigenvalue weighted by molar-refractivity contribution is 7.88. The zero-order valence-electron chi connectivity index (χ0n) is 12.1. The summed E-state index contributed by atoms with van der Waals surface area (Å²) in [6.07, 6.45) is 0.742. The van der Waals surface area contributed by atoms with Crippen LogP contribution in [0.4, 0.5) is 0 Å². The van der Waals surface area contributed by atoms with Crippen LogP contribution >= 0.6 is 0 Å². The summed E-state index contributed by atoms with van der Waals surface area (Å²) in [4.78, 5) is 2.01. The van der Waals surface area contributed by atoms with Crippen molar-refractivity contribution in [3.63, 3.8) is 0 Å². The third kappa shape index (κ3) is 5.70. The first kappa shape index (κ1) is 16.6. The minimum absolute atomic E-state index is 0.128. The van der Waals surface area contributed by atoms with Gasteiger partial charge < -0.3 is 4.90 Å². The van der Waals surface area contributed by atoms with E-state index in [4.69, 9.17) is 5.26 Å². The van der Waals surface area contributed by atoms with Crippen LogP contribution in [0.2, 0.25) is 0 Å². The lowest BCUT2D eigenvalue weighted by Gasteiger charge is -2.17. The Balaban J connectivity index is 2.68. The van der Waals surface area contributed by atoms with Crippen molar-refractivity contribution in [1.29, 1.82) is 5.26 Å². The van der Waals surface area contributed by atoms with E-state index in [0.29, 0.717) is 11.1 Å². The van der Waals surface area contributed by atoms with Crippen LogP contribution in [0.5, 0.6) is 0 Å². The topological polar surface area (TPSA) is 73.2 Å². The summed E-state index contributed by atoms with van der Waals surface area (Å²) in [6.45, 7) is 2.66. The van der Waals surface area contributed by atoms with Crippen molar-refractivity contribution in [2.45, 2.75) is 25.1 Å². The molecular formula is C14H21N3O2S. The van der Waals surface area contributed by atoms with Crippen molar-refractivity contribution in [3.05, 3.63) is 35.4 Å². The average molecular weight is 295 g/mol. The first-order valence-electron chi connectivity index (χ1n) is 6.47. The van der Waals surface area contributed by atoms with Crippen molar-refractivity contribution in [1.82, 2.24) is 9.62 Å². The molecule has 0 aliphatic carbocycles. The quantitative estimate of drug-likeness (QED) is 0.823. The van der Waals surface area contributed by atoms with Gasteiger partial charge in [-0.25, -0.2) is 13.1 Å². The van der Waals surface area contributed by atoms with Crippen molar-refractivity contribution in [2.75, 3.05) is 20.6 Å². The SMILES string of the molecule is CC(CCN(C)C)NS(=O)(=O)Cc1ccccc1C#N. The number of rotatable bonds is 7. The van der Waals surface area contributed by atoms with Gasteiger partial charge >= 0.3 is 0 Å². The fourth-order valence-electron chi connectivity index (χ4n) is 1.82. The summed E-state index contributed by atoms with van der Waals surface area (Å²) in [5, 5.41) is 8.97. The molecule has 0 saturated carbocycles. The Bertz CT molecular complexity index is 576. The maximum atomic E-state index is 12.1. The van der Waals surface area contributed by atoms with Crippen LogP contribution in [-0.2, 0) is 15.8 Å². The van der Waals surface area contributed by atoms with Crippen molar-refractivity contribution < 1.29 is 8.42 Å². The second-order valence-corrected chi connectivity index (χ2v) is 6.89. The Morgan fingerprint density at radius 1 is 1.35 bits per heavy atom. The number of nitrogens with zero attached hydrogens (tertiary/aromatic N) is 2. The molecule has 5 nitrogen and oxygen atoms in total. The van der Waals surface area contributed by atoms with E-state index in [1.807, 2.05) is 32.0 Å². The van der Waals surface area contributed by atoms with Gasteiger partial charge in [0.2, 0.25) is 10.0 Å². The Kier molecular flexibility index (Phi) is 6.14. The van der Waals surface area contributed by atoms with Gasteiger partial charge in [-0.1, -0.05) is 18.2 Å². The summed E-state index contributed by atoms with van der Waals surface area (Å²) in [7, 11) is 0.464. The fraction of sp³-hybridized carbons (Fsp3) is 0.500. The van der Waals surface area contributed by atoms with E-state index in [2.05, 4.69) is 4.72 Å². The molecule has 1 aromatic carbocycles. The summed E-state index contributed by atoms with van der Waals surface area (Å²) in [5.41, 5.74) is 0.932. The molecule has 0 aliphatic heterocycles. The van der Waals surface area contributed by atoms with E-state index < -0.39 is 10.0 Å². The standard InChI is InChI=1S/C14H21N3O2S/c1-12(8-9-17(2)3)16-20(18,19)11-14-7-5-4-6-13(14)10-15/h4-7,12,16H,8-9,11H2,1-3H3. The Labute approximate surface area is 121 Å². The van der Waals surface area contributed by atoms with Gasteiger partial charge in [0.05, 0.1) is 17.4 Å². The molecule has 0 heterocycles. The summed E-state index contributed by atoms with van der Waals surface area (Å²) >= 11 is 0. The third-order valence-electron chi connectivity index (χ3n) is 2.87. The van der Waals surface area contributed by atoms with Gasteiger partial charge in [0, 0.05) is 6.04 Å². The highest BCUT2D eigenvalue weighted by Gasteiger charge is 2.17. The minimum atomic E-state index is -3.43. The van der Waals surface area contributed by atoms with E-state index >= 15 is 0 Å². The highest BCUT2D eigenvalue weighted by Crippen LogP contribution is 2.11. The lowest BCUT2D eigenvalue weighted by Crippen LogP contribution is -2.35. The first-order chi connectivity index (χ1) is 9.34. The number of hydrogen-bond acceptors (Lipinski definition) is 4. The summed E-state index contributed by atoms with van der Waals surface area (Å²) in [6, 6.07) is 8.64. The maximum absolute atomic E-state index is 12.1. The van der Waals surface area contributed by atoms with Crippen LogP contribution in [0.1, 0.15) is 24.5 Å². The highest BCUT2D eigenvalue weighted by atomic mass is 32.2. The Hall–Kier alpha value is -1.42. The minimum Gasteiger partial charge on any atom is -0.309 e. The van der Waals surface area contributed by atoms with Gasteiger partial charge in [0.25, 0.3) is 0 Å². The smallest absolute Gasteiger partial charge is 0.216 e. The van der Waals surface area contributed by atoms with Crippen molar-refractivity contribution in [2.24, 2.45) is 0 Å². The normalized spacial score (nSPS) is 13.2. The van der Waals surface area contributed by atoms with Gasteiger partial charge in [-0.2, -0.15) is 5.26 Å². The molecular weight excluding hydrogens is 274 g/mol.